The van der Waals surface area contributed by atoms with Crippen LogP contribution in [-0.4, -0.2) is 45.6 Å². The maximum absolute atomic E-state index is 11.3. The Hall–Kier alpha value is -2.41. The fourth-order valence-electron chi connectivity index (χ4n) is 3.08. The van der Waals surface area contributed by atoms with Gasteiger partial charge in [-0.1, -0.05) is 12.1 Å². The summed E-state index contributed by atoms with van der Waals surface area (Å²) in [5, 5.41) is 11.3. The molecule has 2 heterocycles. The van der Waals surface area contributed by atoms with Crippen LogP contribution in [0.1, 0.15) is 11.4 Å². The van der Waals surface area contributed by atoms with Crippen LogP contribution in [0, 0.1) is 17.0 Å². The lowest BCUT2D eigenvalue weighted by molar-refractivity contribution is -0.384. The minimum atomic E-state index is -0.289. The zero-order valence-electron chi connectivity index (χ0n) is 13.5. The van der Waals surface area contributed by atoms with E-state index >= 15 is 0 Å². The molecular weight excluding hydrogens is 294 g/mol. The zero-order valence-corrected chi connectivity index (χ0v) is 13.5. The van der Waals surface area contributed by atoms with E-state index in [9.17, 15) is 10.1 Å². The molecule has 23 heavy (non-hydrogen) atoms. The molecule has 0 bridgehead atoms. The van der Waals surface area contributed by atoms with Crippen LogP contribution in [0.15, 0.2) is 30.6 Å². The zero-order chi connectivity index (χ0) is 16.4. The Bertz CT molecular complexity index is 704. The molecule has 0 amide bonds. The topological polar surface area (TPSA) is 67.4 Å². The first-order chi connectivity index (χ1) is 11.1. The lowest BCUT2D eigenvalue weighted by Crippen LogP contribution is -2.46. The molecule has 1 aromatic heterocycles. The van der Waals surface area contributed by atoms with Crippen molar-refractivity contribution in [1.29, 1.82) is 0 Å². The van der Waals surface area contributed by atoms with Crippen LogP contribution in [0.4, 0.5) is 11.4 Å². The normalized spacial score (nSPS) is 15.8. The molecule has 0 N–H and O–H groups in total. The van der Waals surface area contributed by atoms with E-state index in [1.165, 1.54) is 0 Å². The van der Waals surface area contributed by atoms with Gasteiger partial charge in [0.2, 0.25) is 0 Å². The van der Waals surface area contributed by atoms with E-state index < -0.39 is 0 Å². The monoisotopic (exact) mass is 315 g/mol. The van der Waals surface area contributed by atoms with Crippen LogP contribution in [-0.2, 0) is 13.6 Å². The number of benzene rings is 1. The second kappa shape index (κ2) is 6.37. The molecule has 1 fully saturated rings. The summed E-state index contributed by atoms with van der Waals surface area (Å²) >= 11 is 0. The Morgan fingerprint density at radius 2 is 2.00 bits per heavy atom. The van der Waals surface area contributed by atoms with Crippen molar-refractivity contribution in [2.45, 2.75) is 13.5 Å². The van der Waals surface area contributed by atoms with Crippen molar-refractivity contribution in [3.05, 3.63) is 52.1 Å². The summed E-state index contributed by atoms with van der Waals surface area (Å²) < 4.78 is 2.03. The summed E-state index contributed by atoms with van der Waals surface area (Å²) in [4.78, 5) is 19.8. The average molecular weight is 315 g/mol. The van der Waals surface area contributed by atoms with Gasteiger partial charge < -0.3 is 9.47 Å². The van der Waals surface area contributed by atoms with Crippen LogP contribution in [0.2, 0.25) is 0 Å². The Morgan fingerprint density at radius 1 is 1.26 bits per heavy atom. The van der Waals surface area contributed by atoms with Gasteiger partial charge in [0.05, 0.1) is 11.5 Å². The number of nitro benzene ring substituents is 1. The number of hydrogen-bond acceptors (Lipinski definition) is 5. The molecule has 3 rings (SSSR count). The van der Waals surface area contributed by atoms with E-state index in [1.807, 2.05) is 37.0 Å². The van der Waals surface area contributed by atoms with Crippen LogP contribution < -0.4 is 4.90 Å². The highest BCUT2D eigenvalue weighted by Gasteiger charge is 2.25. The van der Waals surface area contributed by atoms with Gasteiger partial charge in [0.25, 0.3) is 5.69 Å². The minimum Gasteiger partial charge on any atom is -0.363 e. The quantitative estimate of drug-likeness (QED) is 0.637. The Morgan fingerprint density at radius 3 is 2.61 bits per heavy atom. The van der Waals surface area contributed by atoms with Gasteiger partial charge in [0.15, 0.2) is 0 Å². The van der Waals surface area contributed by atoms with Crippen LogP contribution in [0.3, 0.4) is 0 Å². The van der Waals surface area contributed by atoms with Gasteiger partial charge in [0, 0.05) is 51.7 Å². The standard InChI is InChI=1S/C16H21N5O2/c1-13-4-3-5-14(21(22)23)16(13)20-10-8-19(9-11-20)12-15-17-6-7-18(15)2/h3-7H,8-12H2,1-2H3. The fourth-order valence-corrected chi connectivity index (χ4v) is 3.08. The third-order valence-corrected chi connectivity index (χ3v) is 4.39. The number of piperazine rings is 1. The number of nitro groups is 1. The summed E-state index contributed by atoms with van der Waals surface area (Å²) in [6, 6.07) is 5.26. The number of aromatic nitrogens is 2. The number of para-hydroxylation sites is 1. The van der Waals surface area contributed by atoms with Gasteiger partial charge in [-0.2, -0.15) is 0 Å². The van der Waals surface area contributed by atoms with Gasteiger partial charge in [-0.25, -0.2) is 4.98 Å². The predicted molar refractivity (Wildman–Crippen MR) is 88.5 cm³/mol. The van der Waals surface area contributed by atoms with Gasteiger partial charge >= 0.3 is 0 Å². The van der Waals surface area contributed by atoms with Crippen LogP contribution >= 0.6 is 0 Å². The summed E-state index contributed by atoms with van der Waals surface area (Å²) in [7, 11) is 2.00. The summed E-state index contributed by atoms with van der Waals surface area (Å²) in [6.45, 7) is 6.07. The van der Waals surface area contributed by atoms with Gasteiger partial charge in [0.1, 0.15) is 11.5 Å². The smallest absolute Gasteiger partial charge is 0.292 e. The van der Waals surface area contributed by atoms with E-state index in [4.69, 9.17) is 0 Å². The molecule has 0 aliphatic carbocycles. The third-order valence-electron chi connectivity index (χ3n) is 4.39. The predicted octanol–water partition coefficient (Wildman–Crippen LogP) is 1.96. The highest BCUT2D eigenvalue weighted by atomic mass is 16.6. The van der Waals surface area contributed by atoms with Gasteiger partial charge in [-0.05, 0) is 12.5 Å². The molecule has 1 aliphatic heterocycles. The van der Waals surface area contributed by atoms with E-state index in [0.29, 0.717) is 0 Å². The largest absolute Gasteiger partial charge is 0.363 e. The molecule has 0 saturated carbocycles. The Kier molecular flexibility index (Phi) is 4.29. The molecule has 0 radical (unpaired) electrons. The number of aryl methyl sites for hydroxylation is 2. The molecule has 1 saturated heterocycles. The van der Waals surface area contributed by atoms with E-state index in [1.54, 1.807) is 12.1 Å². The molecule has 0 spiro atoms. The van der Waals surface area contributed by atoms with Crippen molar-refractivity contribution >= 4 is 11.4 Å². The second-order valence-electron chi connectivity index (χ2n) is 5.92. The van der Waals surface area contributed by atoms with Crippen LogP contribution in [0.25, 0.3) is 0 Å². The van der Waals surface area contributed by atoms with Gasteiger partial charge in [-0.15, -0.1) is 0 Å². The van der Waals surface area contributed by atoms with Crippen molar-refractivity contribution in [3.8, 4) is 0 Å². The van der Waals surface area contributed by atoms with E-state index in [2.05, 4.69) is 14.8 Å². The molecule has 1 aromatic carbocycles. The second-order valence-corrected chi connectivity index (χ2v) is 5.92. The third kappa shape index (κ3) is 3.19. The summed E-state index contributed by atoms with van der Waals surface area (Å²) in [5.74, 6) is 1.04. The molecule has 7 nitrogen and oxygen atoms in total. The SMILES string of the molecule is Cc1cccc([N+](=O)[O-])c1N1CCN(Cc2nccn2C)CC1. The first-order valence-electron chi connectivity index (χ1n) is 7.74. The molecule has 0 atom stereocenters. The van der Waals surface area contributed by atoms with Crippen molar-refractivity contribution in [3.63, 3.8) is 0 Å². The van der Waals surface area contributed by atoms with Crippen molar-refractivity contribution < 1.29 is 4.92 Å². The van der Waals surface area contributed by atoms with Crippen molar-refractivity contribution in [2.75, 3.05) is 31.1 Å². The average Bonchev–Trinajstić information content (AvgIpc) is 2.93. The van der Waals surface area contributed by atoms with Crippen LogP contribution in [0.5, 0.6) is 0 Å². The lowest BCUT2D eigenvalue weighted by Gasteiger charge is -2.36. The summed E-state index contributed by atoms with van der Waals surface area (Å²) in [6.07, 6.45) is 3.75. The number of nitrogens with zero attached hydrogens (tertiary/aromatic N) is 5. The van der Waals surface area contributed by atoms with Crippen molar-refractivity contribution in [2.24, 2.45) is 7.05 Å². The number of anilines is 1. The highest BCUT2D eigenvalue weighted by molar-refractivity contribution is 5.67. The Labute approximate surface area is 135 Å². The maximum Gasteiger partial charge on any atom is 0.292 e. The van der Waals surface area contributed by atoms with Crippen molar-refractivity contribution in [1.82, 2.24) is 14.5 Å². The minimum absolute atomic E-state index is 0.197. The highest BCUT2D eigenvalue weighted by Crippen LogP contribution is 2.32. The number of rotatable bonds is 4. The van der Waals surface area contributed by atoms with E-state index in [-0.39, 0.29) is 10.6 Å². The first-order valence-corrected chi connectivity index (χ1v) is 7.74. The number of hydrogen-bond donors (Lipinski definition) is 0. The Balaban J connectivity index is 1.70. The molecule has 7 heteroatoms. The maximum atomic E-state index is 11.3. The van der Waals surface area contributed by atoms with E-state index in [0.717, 1.165) is 49.8 Å². The molecule has 1 aliphatic rings. The fraction of sp³-hybridized carbons (Fsp3) is 0.438. The molecule has 122 valence electrons. The first kappa shape index (κ1) is 15.5. The number of imidazole rings is 1. The summed E-state index contributed by atoms with van der Waals surface area (Å²) in [5.41, 5.74) is 1.91. The van der Waals surface area contributed by atoms with Gasteiger partial charge in [-0.3, -0.25) is 15.0 Å². The lowest BCUT2D eigenvalue weighted by atomic mass is 10.1. The molecule has 0 unspecified atom stereocenters. The molecule has 2 aromatic rings. The molecular formula is C16H21N5O2.